The SMILES string of the molecule is C=C[C@H]1CO[C@H](C)C12C=C(C(C)(C)C)C(=O)C(C(C)(C)C)=C2. The molecule has 1 heterocycles. The Labute approximate surface area is 135 Å². The molecule has 0 bridgehead atoms. The largest absolute Gasteiger partial charge is 0.377 e. The topological polar surface area (TPSA) is 26.3 Å². The third-order valence-corrected chi connectivity index (χ3v) is 5.05. The van der Waals surface area contributed by atoms with Crippen molar-refractivity contribution in [2.24, 2.45) is 22.2 Å². The Kier molecular flexibility index (Phi) is 4.06. The number of hydrogen-bond donors (Lipinski definition) is 0. The summed E-state index contributed by atoms with van der Waals surface area (Å²) in [4.78, 5) is 13.1. The van der Waals surface area contributed by atoms with Crippen molar-refractivity contribution in [1.29, 1.82) is 0 Å². The zero-order valence-corrected chi connectivity index (χ0v) is 15.1. The minimum Gasteiger partial charge on any atom is -0.377 e. The van der Waals surface area contributed by atoms with E-state index in [0.717, 1.165) is 11.1 Å². The number of rotatable bonds is 1. The van der Waals surface area contributed by atoms with E-state index in [1.54, 1.807) is 0 Å². The number of ether oxygens (including phenoxy) is 1. The highest BCUT2D eigenvalue weighted by atomic mass is 16.5. The van der Waals surface area contributed by atoms with E-state index < -0.39 is 0 Å². The molecule has 2 atom stereocenters. The number of ketones is 1. The van der Waals surface area contributed by atoms with Gasteiger partial charge in [0, 0.05) is 22.5 Å². The Morgan fingerprint density at radius 1 is 1.14 bits per heavy atom. The Morgan fingerprint density at radius 2 is 1.59 bits per heavy atom. The zero-order valence-electron chi connectivity index (χ0n) is 15.1. The first-order chi connectivity index (χ1) is 9.93. The Bertz CT molecular complexity index is 515. The van der Waals surface area contributed by atoms with Crippen LogP contribution in [0.1, 0.15) is 48.5 Å². The van der Waals surface area contributed by atoms with Crippen LogP contribution in [0.3, 0.4) is 0 Å². The van der Waals surface area contributed by atoms with Crippen molar-refractivity contribution < 1.29 is 9.53 Å². The maximum atomic E-state index is 13.1. The number of hydrogen-bond acceptors (Lipinski definition) is 2. The molecule has 0 aromatic rings. The van der Waals surface area contributed by atoms with E-state index in [0.29, 0.717) is 6.61 Å². The number of Topliss-reactive ketones (excluding diaryl/α,β-unsaturated/α-hetero) is 1. The van der Waals surface area contributed by atoms with Gasteiger partial charge in [0.15, 0.2) is 5.78 Å². The lowest BCUT2D eigenvalue weighted by atomic mass is 9.62. The van der Waals surface area contributed by atoms with Crippen LogP contribution in [-0.4, -0.2) is 18.5 Å². The van der Waals surface area contributed by atoms with Crippen LogP contribution in [0, 0.1) is 22.2 Å². The van der Waals surface area contributed by atoms with Crippen molar-refractivity contribution in [3.05, 3.63) is 36.0 Å². The molecule has 2 rings (SSSR count). The van der Waals surface area contributed by atoms with Crippen LogP contribution < -0.4 is 0 Å². The molecule has 0 aromatic heterocycles. The predicted molar refractivity (Wildman–Crippen MR) is 91.6 cm³/mol. The van der Waals surface area contributed by atoms with Crippen molar-refractivity contribution in [3.63, 3.8) is 0 Å². The van der Waals surface area contributed by atoms with Crippen LogP contribution in [0.25, 0.3) is 0 Å². The van der Waals surface area contributed by atoms with E-state index in [2.05, 4.69) is 67.2 Å². The molecule has 122 valence electrons. The third-order valence-electron chi connectivity index (χ3n) is 5.05. The molecule has 0 unspecified atom stereocenters. The van der Waals surface area contributed by atoms with Crippen molar-refractivity contribution in [2.75, 3.05) is 6.61 Å². The Morgan fingerprint density at radius 3 is 1.95 bits per heavy atom. The maximum absolute atomic E-state index is 13.1. The quantitative estimate of drug-likeness (QED) is 0.655. The van der Waals surface area contributed by atoms with Gasteiger partial charge in [0.25, 0.3) is 0 Å². The summed E-state index contributed by atoms with van der Waals surface area (Å²) in [7, 11) is 0. The molecular weight excluding hydrogens is 272 g/mol. The number of carbonyl (C=O) groups is 1. The van der Waals surface area contributed by atoms with E-state index in [1.165, 1.54) is 0 Å². The molecule has 1 fully saturated rings. The fourth-order valence-electron chi connectivity index (χ4n) is 3.49. The van der Waals surface area contributed by atoms with Crippen molar-refractivity contribution in [1.82, 2.24) is 0 Å². The lowest BCUT2D eigenvalue weighted by Gasteiger charge is -2.40. The highest BCUT2D eigenvalue weighted by Crippen LogP contribution is 2.51. The van der Waals surface area contributed by atoms with E-state index in [1.807, 2.05) is 6.08 Å². The maximum Gasteiger partial charge on any atom is 0.185 e. The minimum absolute atomic E-state index is 0.0540. The van der Waals surface area contributed by atoms with Crippen molar-refractivity contribution in [2.45, 2.75) is 54.6 Å². The van der Waals surface area contributed by atoms with E-state index in [9.17, 15) is 4.79 Å². The van der Waals surface area contributed by atoms with Gasteiger partial charge < -0.3 is 4.74 Å². The smallest absolute Gasteiger partial charge is 0.185 e. The van der Waals surface area contributed by atoms with Gasteiger partial charge in [-0.3, -0.25) is 4.79 Å². The van der Waals surface area contributed by atoms with E-state index in [4.69, 9.17) is 4.74 Å². The molecule has 1 saturated heterocycles. The first-order valence-electron chi connectivity index (χ1n) is 8.19. The standard InChI is InChI=1S/C20H30O2/c1-9-14-12-22-13(2)20(14)10-15(18(3,4)5)17(21)16(11-20)19(6,7)8/h9-11,13-14H,1,12H2,2-8H3/t13-,14+/m1/s1. The molecule has 0 amide bonds. The van der Waals surface area contributed by atoms with E-state index in [-0.39, 0.29) is 34.1 Å². The lowest BCUT2D eigenvalue weighted by molar-refractivity contribution is -0.114. The van der Waals surface area contributed by atoms with Gasteiger partial charge in [-0.25, -0.2) is 0 Å². The van der Waals surface area contributed by atoms with Crippen LogP contribution in [0.5, 0.6) is 0 Å². The summed E-state index contributed by atoms with van der Waals surface area (Å²) >= 11 is 0. The monoisotopic (exact) mass is 302 g/mol. The van der Waals surface area contributed by atoms with Crippen molar-refractivity contribution >= 4 is 5.78 Å². The molecule has 0 radical (unpaired) electrons. The molecular formula is C20H30O2. The second-order valence-electron chi connectivity index (χ2n) is 8.76. The van der Waals surface area contributed by atoms with Gasteiger partial charge in [-0.1, -0.05) is 59.8 Å². The molecule has 1 aliphatic heterocycles. The summed E-state index contributed by atoms with van der Waals surface area (Å²) in [6.45, 7) is 19.4. The summed E-state index contributed by atoms with van der Waals surface area (Å²) in [6, 6.07) is 0. The molecule has 22 heavy (non-hydrogen) atoms. The molecule has 2 nitrogen and oxygen atoms in total. The average molecular weight is 302 g/mol. The summed E-state index contributed by atoms with van der Waals surface area (Å²) in [5.41, 5.74) is 1.21. The molecule has 1 spiro atoms. The van der Waals surface area contributed by atoms with Crippen molar-refractivity contribution in [3.8, 4) is 0 Å². The number of allylic oxidation sites excluding steroid dienone is 2. The molecule has 2 aliphatic rings. The average Bonchev–Trinajstić information content (AvgIpc) is 2.66. The normalized spacial score (nSPS) is 28.6. The molecule has 1 aliphatic carbocycles. The van der Waals surface area contributed by atoms with E-state index >= 15 is 0 Å². The van der Waals surface area contributed by atoms with Crippen LogP contribution >= 0.6 is 0 Å². The second kappa shape index (κ2) is 5.19. The van der Waals surface area contributed by atoms with Crippen LogP contribution in [0.15, 0.2) is 36.0 Å². The fourth-order valence-corrected chi connectivity index (χ4v) is 3.49. The molecule has 2 heteroatoms. The van der Waals surface area contributed by atoms with Gasteiger partial charge in [-0.05, 0) is 17.8 Å². The van der Waals surface area contributed by atoms with Gasteiger partial charge in [-0.2, -0.15) is 0 Å². The molecule has 0 aromatic carbocycles. The predicted octanol–water partition coefficient (Wildman–Crippen LogP) is 4.72. The first kappa shape index (κ1) is 17.2. The summed E-state index contributed by atoms with van der Waals surface area (Å²) < 4.78 is 5.94. The third kappa shape index (κ3) is 2.62. The van der Waals surface area contributed by atoms with Crippen LogP contribution in [0.4, 0.5) is 0 Å². The molecule has 0 N–H and O–H groups in total. The van der Waals surface area contributed by atoms with Gasteiger partial charge in [0.2, 0.25) is 0 Å². The lowest BCUT2D eigenvalue weighted by Crippen LogP contribution is -2.39. The highest BCUT2D eigenvalue weighted by molar-refractivity contribution is 6.11. The summed E-state index contributed by atoms with van der Waals surface area (Å²) in [5, 5.41) is 0. The van der Waals surface area contributed by atoms with Gasteiger partial charge in [0.05, 0.1) is 12.7 Å². The Balaban J connectivity index is 2.71. The summed E-state index contributed by atoms with van der Waals surface area (Å²) in [5.74, 6) is 0.401. The minimum atomic E-state index is -0.249. The second-order valence-corrected chi connectivity index (χ2v) is 8.76. The molecule has 0 saturated carbocycles. The van der Waals surface area contributed by atoms with Crippen LogP contribution in [-0.2, 0) is 9.53 Å². The first-order valence-corrected chi connectivity index (χ1v) is 8.19. The van der Waals surface area contributed by atoms with Gasteiger partial charge in [-0.15, -0.1) is 6.58 Å². The van der Waals surface area contributed by atoms with Crippen LogP contribution in [0.2, 0.25) is 0 Å². The van der Waals surface area contributed by atoms with Gasteiger partial charge >= 0.3 is 0 Å². The highest BCUT2D eigenvalue weighted by Gasteiger charge is 2.50. The zero-order chi connectivity index (χ0) is 16.9. The Hall–Kier alpha value is -1.15. The summed E-state index contributed by atoms with van der Waals surface area (Å²) in [6.07, 6.45) is 6.38. The number of carbonyl (C=O) groups excluding carboxylic acids is 1. The fraction of sp³-hybridized carbons (Fsp3) is 0.650. The van der Waals surface area contributed by atoms with Gasteiger partial charge in [0.1, 0.15) is 0 Å².